The lowest BCUT2D eigenvalue weighted by atomic mass is 10.2. The third-order valence-electron chi connectivity index (χ3n) is 4.25. The molecule has 0 aromatic carbocycles. The predicted octanol–water partition coefficient (Wildman–Crippen LogP) is 5.94. The average Bonchev–Trinajstić information content (AvgIpc) is 2.30. The fourth-order valence-electron chi connectivity index (χ4n) is 2.44. The Morgan fingerprint density at radius 1 is 1.05 bits per heavy atom. The van der Waals surface area contributed by atoms with Crippen LogP contribution >= 0.6 is 0 Å². The van der Waals surface area contributed by atoms with Crippen LogP contribution in [0.1, 0.15) is 68.2 Å². The molecule has 0 bridgehead atoms. The van der Waals surface area contributed by atoms with E-state index in [2.05, 4.69) is 55.0 Å². The van der Waals surface area contributed by atoms with Crippen molar-refractivity contribution in [1.82, 2.24) is 0 Å². The van der Waals surface area contributed by atoms with Gasteiger partial charge in [0.1, 0.15) is 0 Å². The summed E-state index contributed by atoms with van der Waals surface area (Å²) in [6.07, 6.45) is 2.26. The first-order valence-electron chi connectivity index (χ1n) is 8.30. The van der Waals surface area contributed by atoms with E-state index < -0.39 is 8.32 Å². The van der Waals surface area contributed by atoms with Crippen LogP contribution in [0.3, 0.4) is 0 Å². The number of hydrogen-bond donors (Lipinski definition) is 0. The van der Waals surface area contributed by atoms with Gasteiger partial charge in [-0.3, -0.25) is 0 Å². The summed E-state index contributed by atoms with van der Waals surface area (Å²) < 4.78 is 6.17. The molecule has 0 saturated heterocycles. The first kappa shape index (κ1) is 20.4. The van der Waals surface area contributed by atoms with Gasteiger partial charge in [-0.1, -0.05) is 67.9 Å². The molecule has 0 atom stereocenters. The van der Waals surface area contributed by atoms with Crippen LogP contribution in [0.4, 0.5) is 0 Å². The van der Waals surface area contributed by atoms with E-state index in [-0.39, 0.29) is 11.0 Å². The van der Waals surface area contributed by atoms with E-state index >= 15 is 0 Å². The van der Waals surface area contributed by atoms with Crippen molar-refractivity contribution in [2.45, 2.75) is 85.4 Å². The number of rotatable bonds is 8. The van der Waals surface area contributed by atoms with Gasteiger partial charge in [0.15, 0.2) is 0 Å². The Hall–Kier alpha value is -0.573. The molecule has 3 heteroatoms. The van der Waals surface area contributed by atoms with Gasteiger partial charge in [-0.2, -0.15) is 0 Å². The molecule has 0 unspecified atom stereocenters. The van der Waals surface area contributed by atoms with Gasteiger partial charge in [0.25, 0.3) is 8.32 Å². The molecule has 0 aromatic rings. The van der Waals surface area contributed by atoms with Gasteiger partial charge in [0.2, 0.25) is 0 Å². The van der Waals surface area contributed by atoms with E-state index in [4.69, 9.17) is 4.43 Å². The van der Waals surface area contributed by atoms with Crippen molar-refractivity contribution in [3.05, 3.63) is 12.2 Å². The van der Waals surface area contributed by atoms with Gasteiger partial charge in [-0.25, -0.2) is 4.79 Å². The molecular weight excluding hydrogens is 276 g/mol. The average molecular weight is 313 g/mol. The predicted molar refractivity (Wildman–Crippen MR) is 94.9 cm³/mol. The maximum atomic E-state index is 12.2. The van der Waals surface area contributed by atoms with E-state index in [0.717, 1.165) is 24.9 Å². The van der Waals surface area contributed by atoms with E-state index in [1.165, 1.54) is 0 Å². The smallest absolute Gasteiger partial charge is 0.319 e. The summed E-state index contributed by atoms with van der Waals surface area (Å²) >= 11 is 0. The quantitative estimate of drug-likeness (QED) is 0.409. The molecule has 0 aromatic heterocycles. The summed E-state index contributed by atoms with van der Waals surface area (Å²) in [5.74, 6) is 1.09. The second-order valence-corrected chi connectivity index (χ2v) is 13.0. The van der Waals surface area contributed by atoms with Gasteiger partial charge < -0.3 is 4.43 Å². The zero-order valence-corrected chi connectivity index (χ0v) is 16.5. The lowest BCUT2D eigenvalue weighted by Gasteiger charge is -2.42. The van der Waals surface area contributed by atoms with Crippen LogP contribution in [0.5, 0.6) is 0 Å². The largest absolute Gasteiger partial charge is 0.515 e. The van der Waals surface area contributed by atoms with Crippen LogP contribution in [0.2, 0.25) is 17.1 Å². The number of carbonyl (C=O) groups excluding carboxylic acids is 1. The Bertz CT molecular complexity index is 339. The lowest BCUT2D eigenvalue weighted by molar-refractivity contribution is -0.131. The highest BCUT2D eigenvalue weighted by Crippen LogP contribution is 2.45. The van der Waals surface area contributed by atoms with Gasteiger partial charge >= 0.3 is 5.97 Å². The Morgan fingerprint density at radius 2 is 1.43 bits per heavy atom. The van der Waals surface area contributed by atoms with Crippen LogP contribution < -0.4 is 0 Å². The van der Waals surface area contributed by atoms with Gasteiger partial charge in [0.05, 0.1) is 0 Å². The molecule has 0 aliphatic rings. The molecule has 0 spiro atoms. The highest BCUT2D eigenvalue weighted by Gasteiger charge is 2.48. The Balaban J connectivity index is 5.39. The molecule has 0 rings (SSSR count). The highest BCUT2D eigenvalue weighted by atomic mass is 28.4. The second-order valence-electron chi connectivity index (χ2n) is 8.28. The lowest BCUT2D eigenvalue weighted by Crippen LogP contribution is -2.49. The minimum absolute atomic E-state index is 0.0574. The van der Waals surface area contributed by atoms with Crippen molar-refractivity contribution in [2.24, 2.45) is 11.8 Å². The van der Waals surface area contributed by atoms with E-state index in [9.17, 15) is 4.79 Å². The van der Waals surface area contributed by atoms with Crippen molar-refractivity contribution < 1.29 is 9.22 Å². The molecule has 0 aliphatic carbocycles. The molecule has 0 amide bonds. The number of carbonyl (C=O) groups is 1. The zero-order valence-electron chi connectivity index (χ0n) is 15.5. The minimum Gasteiger partial charge on any atom is -0.515 e. The van der Waals surface area contributed by atoms with Gasteiger partial charge in [0, 0.05) is 5.57 Å². The first-order valence-corrected chi connectivity index (χ1v) is 10.6. The molecule has 124 valence electrons. The molecule has 21 heavy (non-hydrogen) atoms. The third-order valence-corrected chi connectivity index (χ3v) is 9.76. The minimum atomic E-state index is -2.16. The summed E-state index contributed by atoms with van der Waals surface area (Å²) in [4.78, 5) is 12.2. The maximum Gasteiger partial charge on any atom is 0.319 e. The van der Waals surface area contributed by atoms with Crippen LogP contribution in [0.15, 0.2) is 12.2 Å². The summed E-state index contributed by atoms with van der Waals surface area (Å²) in [5, 5.41) is 0.0574. The summed E-state index contributed by atoms with van der Waals surface area (Å²) in [6, 6.07) is 2.11. The fourth-order valence-corrected chi connectivity index (χ4v) is 7.32. The van der Waals surface area contributed by atoms with Gasteiger partial charge in [-0.15, -0.1) is 0 Å². The van der Waals surface area contributed by atoms with E-state index in [0.29, 0.717) is 17.4 Å². The molecule has 0 N–H and O–H groups in total. The molecule has 2 nitrogen and oxygen atoms in total. The topological polar surface area (TPSA) is 26.3 Å². The van der Waals surface area contributed by atoms with Gasteiger partial charge in [-0.05, 0) is 35.9 Å². The zero-order chi connectivity index (χ0) is 16.8. The van der Waals surface area contributed by atoms with Crippen molar-refractivity contribution in [3.8, 4) is 0 Å². The summed E-state index contributed by atoms with van der Waals surface area (Å²) in [5.41, 5.74) is 0.519. The van der Waals surface area contributed by atoms with E-state index in [1.54, 1.807) is 6.92 Å². The molecule has 0 heterocycles. The number of hydrogen-bond acceptors (Lipinski definition) is 2. The first-order chi connectivity index (χ1) is 9.41. The standard InChI is InChI=1S/C18H36O2Si/c1-14(2)10-12-21(18(7,8)9,13-11-15(3)4)20-17(19)16(5)6/h14-15H,5,10-13H2,1-4,6-9H3. The second kappa shape index (κ2) is 8.16. The Kier molecular flexibility index (Phi) is 7.94. The highest BCUT2D eigenvalue weighted by molar-refractivity contribution is 6.78. The van der Waals surface area contributed by atoms with E-state index in [1.807, 2.05) is 0 Å². The monoisotopic (exact) mass is 312 g/mol. The van der Waals surface area contributed by atoms with Crippen LogP contribution in [0, 0.1) is 11.8 Å². The van der Waals surface area contributed by atoms with Crippen LogP contribution in [-0.4, -0.2) is 14.3 Å². The van der Waals surface area contributed by atoms with Crippen molar-refractivity contribution in [2.75, 3.05) is 0 Å². The summed E-state index contributed by atoms with van der Waals surface area (Å²) in [6.45, 7) is 21.2. The summed E-state index contributed by atoms with van der Waals surface area (Å²) in [7, 11) is -2.16. The fraction of sp³-hybridized carbons (Fsp3) is 0.833. The SMILES string of the molecule is C=C(C)C(=O)O[Si](CCC(C)C)(CCC(C)C)C(C)(C)C. The molecule has 0 fully saturated rings. The Labute approximate surface area is 133 Å². The van der Waals surface area contributed by atoms with Crippen molar-refractivity contribution in [3.63, 3.8) is 0 Å². The molecule has 0 saturated carbocycles. The van der Waals surface area contributed by atoms with Crippen molar-refractivity contribution >= 4 is 14.3 Å². The van der Waals surface area contributed by atoms with Crippen molar-refractivity contribution in [1.29, 1.82) is 0 Å². The molecular formula is C18H36O2Si. The molecule has 0 radical (unpaired) electrons. The van der Waals surface area contributed by atoms with Crippen LogP contribution in [-0.2, 0) is 9.22 Å². The third kappa shape index (κ3) is 6.81. The molecule has 0 aliphatic heterocycles. The Morgan fingerprint density at radius 3 is 1.67 bits per heavy atom. The normalized spacial score (nSPS) is 12.9. The van der Waals surface area contributed by atoms with Crippen LogP contribution in [0.25, 0.3) is 0 Å². The maximum absolute atomic E-state index is 12.2.